The van der Waals surface area contributed by atoms with Gasteiger partial charge in [-0.05, 0) is 89.0 Å². The topological polar surface area (TPSA) is 49.9 Å². The number of rotatable bonds is 2. The van der Waals surface area contributed by atoms with Crippen LogP contribution in [0.4, 0.5) is 4.79 Å². The van der Waals surface area contributed by atoms with E-state index < -0.39 is 5.60 Å². The second-order valence-electron chi connectivity index (χ2n) is 11.9. The van der Waals surface area contributed by atoms with Crippen molar-refractivity contribution < 1.29 is 14.3 Å². The van der Waals surface area contributed by atoms with Gasteiger partial charge < -0.3 is 9.64 Å². The maximum Gasteiger partial charge on any atom is 0.410 e. The first-order valence-electron chi connectivity index (χ1n) is 12.6. The Morgan fingerprint density at radius 3 is 2.06 bits per heavy atom. The Bertz CT molecular complexity index is 824. The zero-order valence-corrected chi connectivity index (χ0v) is 19.9. The zero-order chi connectivity index (χ0) is 22.5. The van der Waals surface area contributed by atoms with Crippen molar-refractivity contribution in [3.05, 3.63) is 35.9 Å². The standard InChI is InChI=1S/C27H38N2O3/c1-26(2,3)32-25(31)29-12-11-28(10-9-23(29)22-7-5-4-6-8-22)24(30)27-16-19-13-20(17-27)15-21(14-19)18-27/h4-8,19-21,23H,9-18H2,1-3H3. The Morgan fingerprint density at radius 1 is 0.906 bits per heavy atom. The number of benzene rings is 1. The van der Waals surface area contributed by atoms with E-state index in [1.54, 1.807) is 0 Å². The van der Waals surface area contributed by atoms with Crippen LogP contribution in [-0.4, -0.2) is 47.0 Å². The minimum Gasteiger partial charge on any atom is -0.444 e. The summed E-state index contributed by atoms with van der Waals surface area (Å²) in [5.41, 5.74) is 0.444. The minimum absolute atomic E-state index is 0.0692. The van der Waals surface area contributed by atoms with Crippen LogP contribution in [0.15, 0.2) is 30.3 Å². The summed E-state index contributed by atoms with van der Waals surface area (Å²) in [5, 5.41) is 0. The van der Waals surface area contributed by atoms with Gasteiger partial charge in [0.15, 0.2) is 0 Å². The van der Waals surface area contributed by atoms with Crippen molar-refractivity contribution >= 4 is 12.0 Å². The van der Waals surface area contributed by atoms with Crippen LogP contribution in [0, 0.1) is 23.2 Å². The number of carbonyl (C=O) groups is 2. The van der Waals surface area contributed by atoms with Crippen LogP contribution in [0.3, 0.4) is 0 Å². The molecule has 1 heterocycles. The van der Waals surface area contributed by atoms with Crippen LogP contribution in [0.25, 0.3) is 0 Å². The van der Waals surface area contributed by atoms with Gasteiger partial charge in [0.05, 0.1) is 11.5 Å². The fraction of sp³-hybridized carbons (Fsp3) is 0.704. The van der Waals surface area contributed by atoms with Crippen LogP contribution in [0.5, 0.6) is 0 Å². The Balaban J connectivity index is 1.36. The molecule has 5 fully saturated rings. The highest BCUT2D eigenvalue weighted by Crippen LogP contribution is 2.60. The summed E-state index contributed by atoms with van der Waals surface area (Å²) < 4.78 is 5.76. The average molecular weight is 439 g/mol. The van der Waals surface area contributed by atoms with Crippen molar-refractivity contribution in [2.24, 2.45) is 23.2 Å². The van der Waals surface area contributed by atoms with Crippen LogP contribution in [0.1, 0.15) is 77.3 Å². The summed E-state index contributed by atoms with van der Waals surface area (Å²) in [6.07, 6.45) is 7.76. The highest BCUT2D eigenvalue weighted by atomic mass is 16.6. The van der Waals surface area contributed by atoms with Crippen molar-refractivity contribution in [3.63, 3.8) is 0 Å². The van der Waals surface area contributed by atoms with Crippen LogP contribution in [-0.2, 0) is 9.53 Å². The van der Waals surface area contributed by atoms with Crippen LogP contribution in [0.2, 0.25) is 0 Å². The molecule has 1 saturated heterocycles. The van der Waals surface area contributed by atoms with Gasteiger partial charge in [0.2, 0.25) is 5.91 Å². The Hall–Kier alpha value is -2.04. The van der Waals surface area contributed by atoms with Crippen LogP contribution >= 0.6 is 0 Å². The van der Waals surface area contributed by atoms with E-state index in [2.05, 4.69) is 17.0 Å². The number of hydrogen-bond acceptors (Lipinski definition) is 3. The van der Waals surface area contributed by atoms with E-state index in [9.17, 15) is 9.59 Å². The minimum atomic E-state index is -0.542. The molecular formula is C27H38N2O3. The van der Waals surface area contributed by atoms with E-state index in [1.807, 2.05) is 43.9 Å². The fourth-order valence-corrected chi connectivity index (χ4v) is 7.40. The van der Waals surface area contributed by atoms with Gasteiger partial charge in [0, 0.05) is 19.6 Å². The molecular weight excluding hydrogens is 400 g/mol. The predicted molar refractivity (Wildman–Crippen MR) is 124 cm³/mol. The molecule has 5 aliphatic rings. The molecule has 1 atom stereocenters. The summed E-state index contributed by atoms with van der Waals surface area (Å²) in [7, 11) is 0. The van der Waals surface area contributed by atoms with Gasteiger partial charge in [-0.3, -0.25) is 9.69 Å². The van der Waals surface area contributed by atoms with Crippen molar-refractivity contribution in [2.45, 2.75) is 77.4 Å². The molecule has 2 amide bonds. The van der Waals surface area contributed by atoms with Gasteiger partial charge in [-0.25, -0.2) is 4.79 Å². The summed E-state index contributed by atoms with van der Waals surface area (Å²) in [4.78, 5) is 31.0. The molecule has 4 bridgehead atoms. The van der Waals surface area contributed by atoms with Gasteiger partial charge in [-0.1, -0.05) is 30.3 Å². The highest BCUT2D eigenvalue weighted by molar-refractivity contribution is 5.83. The highest BCUT2D eigenvalue weighted by Gasteiger charge is 2.55. The van der Waals surface area contributed by atoms with E-state index >= 15 is 0 Å². The van der Waals surface area contributed by atoms with Gasteiger partial charge in [0.1, 0.15) is 5.60 Å². The average Bonchev–Trinajstić information content (AvgIpc) is 2.95. The summed E-state index contributed by atoms with van der Waals surface area (Å²) in [6, 6.07) is 10.1. The summed E-state index contributed by atoms with van der Waals surface area (Å²) >= 11 is 0. The maximum atomic E-state index is 13.9. The first kappa shape index (κ1) is 21.8. The molecule has 5 nitrogen and oxygen atoms in total. The molecule has 1 unspecified atom stereocenters. The van der Waals surface area contributed by atoms with Crippen molar-refractivity contribution in [3.8, 4) is 0 Å². The molecule has 4 saturated carbocycles. The first-order valence-corrected chi connectivity index (χ1v) is 12.6. The Kier molecular flexibility index (Phi) is 5.50. The maximum absolute atomic E-state index is 13.9. The summed E-state index contributed by atoms with van der Waals surface area (Å²) in [6.45, 7) is 7.55. The third-order valence-corrected chi connectivity index (χ3v) is 8.25. The molecule has 0 radical (unpaired) electrons. The molecule has 6 rings (SSSR count). The second kappa shape index (κ2) is 8.07. The number of hydrogen-bond donors (Lipinski definition) is 0. The number of ether oxygens (including phenoxy) is 1. The van der Waals surface area contributed by atoms with Gasteiger partial charge in [-0.2, -0.15) is 0 Å². The molecule has 174 valence electrons. The summed E-state index contributed by atoms with van der Waals surface area (Å²) in [5.74, 6) is 2.64. The second-order valence-corrected chi connectivity index (χ2v) is 11.9. The molecule has 1 aromatic rings. The molecule has 5 heteroatoms. The van der Waals surface area contributed by atoms with Gasteiger partial charge >= 0.3 is 6.09 Å². The molecule has 1 aliphatic heterocycles. The lowest BCUT2D eigenvalue weighted by Crippen LogP contribution is -2.55. The SMILES string of the molecule is CC(C)(C)OC(=O)N1CCN(C(=O)C23CC4CC(CC(C4)C2)C3)CCC1c1ccccc1. The van der Waals surface area contributed by atoms with E-state index in [1.165, 1.54) is 19.3 Å². The third-order valence-electron chi connectivity index (χ3n) is 8.25. The Labute approximate surface area is 192 Å². The molecule has 32 heavy (non-hydrogen) atoms. The van der Waals surface area contributed by atoms with Crippen LogP contribution < -0.4 is 0 Å². The zero-order valence-electron chi connectivity index (χ0n) is 19.9. The van der Waals surface area contributed by atoms with Crippen molar-refractivity contribution in [1.82, 2.24) is 9.80 Å². The van der Waals surface area contributed by atoms with E-state index in [0.717, 1.165) is 49.0 Å². The normalized spacial score (nSPS) is 34.3. The fourth-order valence-electron chi connectivity index (χ4n) is 7.40. The number of amides is 2. The lowest BCUT2D eigenvalue weighted by atomic mass is 9.49. The van der Waals surface area contributed by atoms with E-state index in [4.69, 9.17) is 4.74 Å². The van der Waals surface area contributed by atoms with Crippen molar-refractivity contribution in [1.29, 1.82) is 0 Å². The smallest absolute Gasteiger partial charge is 0.410 e. The molecule has 4 aliphatic carbocycles. The lowest BCUT2D eigenvalue weighted by molar-refractivity contribution is -0.157. The van der Waals surface area contributed by atoms with Gasteiger partial charge in [-0.15, -0.1) is 0 Å². The van der Waals surface area contributed by atoms with Crippen molar-refractivity contribution in [2.75, 3.05) is 19.6 Å². The Morgan fingerprint density at radius 2 is 1.50 bits per heavy atom. The van der Waals surface area contributed by atoms with E-state index in [0.29, 0.717) is 25.5 Å². The van der Waals surface area contributed by atoms with E-state index in [-0.39, 0.29) is 17.6 Å². The molecule has 0 aromatic heterocycles. The number of nitrogens with zero attached hydrogens (tertiary/aromatic N) is 2. The largest absolute Gasteiger partial charge is 0.444 e. The lowest BCUT2D eigenvalue weighted by Gasteiger charge is -2.56. The third kappa shape index (κ3) is 4.15. The monoisotopic (exact) mass is 438 g/mol. The molecule has 0 spiro atoms. The molecule has 0 N–H and O–H groups in total. The molecule has 1 aromatic carbocycles. The number of carbonyl (C=O) groups excluding carboxylic acids is 2. The predicted octanol–water partition coefficient (Wildman–Crippen LogP) is 5.41. The van der Waals surface area contributed by atoms with Gasteiger partial charge in [0.25, 0.3) is 0 Å². The first-order chi connectivity index (χ1) is 15.2. The quantitative estimate of drug-likeness (QED) is 0.620.